The molecule has 1 aromatic carbocycles. The number of benzene rings is 1. The first-order valence-corrected chi connectivity index (χ1v) is 11.8. The summed E-state index contributed by atoms with van der Waals surface area (Å²) in [6.45, 7) is 10.9. The van der Waals surface area contributed by atoms with Gasteiger partial charge in [0.25, 0.3) is 0 Å². The zero-order valence-electron chi connectivity index (χ0n) is 19.4. The number of carbonyl (C=O) groups is 2. The first kappa shape index (κ1) is 25.6. The molecular formula is C23H32N2O6S. The first-order chi connectivity index (χ1) is 15.2. The summed E-state index contributed by atoms with van der Waals surface area (Å²) in [6.07, 6.45) is 1.12. The Labute approximate surface area is 192 Å². The standard InChI is InChI=1S/C23H32N2O6S/c1-6-25-15-18(21(27)29-7-2)20(26)17-14-16(8-9-19(17)25)30-11-13-32-12-10-24-22(28)31-23(3,4)5/h8-9,14-15H,6-7,10-13H2,1-5H3,(H,24,28). The highest BCUT2D eigenvalue weighted by molar-refractivity contribution is 7.99. The normalized spacial score (nSPS) is 11.3. The van der Waals surface area contributed by atoms with Crippen molar-refractivity contribution in [1.29, 1.82) is 0 Å². The molecule has 32 heavy (non-hydrogen) atoms. The Hall–Kier alpha value is -2.68. The van der Waals surface area contributed by atoms with Gasteiger partial charge in [-0.15, -0.1) is 0 Å². The summed E-state index contributed by atoms with van der Waals surface area (Å²) in [4.78, 5) is 36.6. The van der Waals surface area contributed by atoms with E-state index >= 15 is 0 Å². The molecule has 0 radical (unpaired) electrons. The molecule has 0 saturated heterocycles. The summed E-state index contributed by atoms with van der Waals surface area (Å²) < 4.78 is 17.8. The number of fused-ring (bicyclic) bond motifs is 1. The number of ether oxygens (including phenoxy) is 3. The third-order valence-corrected chi connectivity index (χ3v) is 5.25. The van der Waals surface area contributed by atoms with Crippen molar-refractivity contribution >= 4 is 34.7 Å². The molecule has 0 atom stereocenters. The highest BCUT2D eigenvalue weighted by Crippen LogP contribution is 2.20. The number of rotatable bonds is 10. The Balaban J connectivity index is 1.92. The van der Waals surface area contributed by atoms with E-state index in [4.69, 9.17) is 14.2 Å². The Morgan fingerprint density at radius 2 is 1.91 bits per heavy atom. The van der Waals surface area contributed by atoms with Crippen LogP contribution >= 0.6 is 11.8 Å². The molecule has 0 spiro atoms. The summed E-state index contributed by atoms with van der Waals surface area (Å²) >= 11 is 1.63. The fraction of sp³-hybridized carbons (Fsp3) is 0.522. The van der Waals surface area contributed by atoms with Crippen molar-refractivity contribution in [2.75, 3.05) is 31.3 Å². The van der Waals surface area contributed by atoms with Gasteiger partial charge in [-0.2, -0.15) is 11.8 Å². The molecule has 1 N–H and O–H groups in total. The lowest BCUT2D eigenvalue weighted by Gasteiger charge is -2.19. The van der Waals surface area contributed by atoms with Gasteiger partial charge in [-0.25, -0.2) is 9.59 Å². The van der Waals surface area contributed by atoms with Crippen LogP contribution in [0.3, 0.4) is 0 Å². The number of nitrogens with one attached hydrogen (secondary N) is 1. The Morgan fingerprint density at radius 1 is 1.16 bits per heavy atom. The molecule has 1 amide bonds. The van der Waals surface area contributed by atoms with Crippen LogP contribution in [0.1, 0.15) is 45.0 Å². The van der Waals surface area contributed by atoms with Crippen molar-refractivity contribution in [1.82, 2.24) is 9.88 Å². The minimum absolute atomic E-state index is 0.0198. The lowest BCUT2D eigenvalue weighted by Crippen LogP contribution is -2.33. The van der Waals surface area contributed by atoms with Gasteiger partial charge in [-0.3, -0.25) is 4.79 Å². The molecule has 2 rings (SSSR count). The SMILES string of the molecule is CCOC(=O)c1cn(CC)c2ccc(OCCSCCNC(=O)OC(C)(C)C)cc2c1=O. The Kier molecular flexibility index (Phi) is 9.43. The second kappa shape index (κ2) is 11.8. The van der Waals surface area contributed by atoms with Crippen molar-refractivity contribution in [2.45, 2.75) is 46.8 Å². The van der Waals surface area contributed by atoms with Gasteiger partial charge < -0.3 is 24.1 Å². The van der Waals surface area contributed by atoms with E-state index in [1.165, 1.54) is 0 Å². The molecule has 0 bridgehead atoms. The van der Waals surface area contributed by atoms with Crippen molar-refractivity contribution in [2.24, 2.45) is 0 Å². The van der Waals surface area contributed by atoms with E-state index in [0.29, 0.717) is 30.8 Å². The van der Waals surface area contributed by atoms with E-state index in [9.17, 15) is 14.4 Å². The summed E-state index contributed by atoms with van der Waals surface area (Å²) in [6, 6.07) is 5.30. The summed E-state index contributed by atoms with van der Waals surface area (Å²) in [5.41, 5.74) is -0.120. The number of amides is 1. The number of aryl methyl sites for hydroxylation is 1. The second-order valence-corrected chi connectivity index (χ2v) is 9.17. The predicted octanol–water partition coefficient (Wildman–Crippen LogP) is 3.83. The van der Waals surface area contributed by atoms with E-state index in [2.05, 4.69) is 5.32 Å². The first-order valence-electron chi connectivity index (χ1n) is 10.7. The summed E-state index contributed by atoms with van der Waals surface area (Å²) in [7, 11) is 0. The fourth-order valence-electron chi connectivity index (χ4n) is 2.94. The van der Waals surface area contributed by atoms with Crippen molar-refractivity contribution in [3.8, 4) is 5.75 Å². The van der Waals surface area contributed by atoms with E-state index in [0.717, 1.165) is 17.0 Å². The van der Waals surface area contributed by atoms with E-state index in [-0.39, 0.29) is 17.6 Å². The minimum atomic E-state index is -0.621. The lowest BCUT2D eigenvalue weighted by atomic mass is 10.1. The third kappa shape index (κ3) is 7.47. The molecule has 1 heterocycles. The largest absolute Gasteiger partial charge is 0.493 e. The van der Waals surface area contributed by atoms with Crippen LogP contribution in [0.2, 0.25) is 0 Å². The number of aromatic nitrogens is 1. The predicted molar refractivity (Wildman–Crippen MR) is 127 cm³/mol. The van der Waals surface area contributed by atoms with Crippen LogP contribution in [-0.4, -0.2) is 53.5 Å². The number of esters is 1. The third-order valence-electron chi connectivity index (χ3n) is 4.30. The lowest BCUT2D eigenvalue weighted by molar-refractivity contribution is 0.0516. The Bertz CT molecular complexity index is 996. The van der Waals surface area contributed by atoms with Gasteiger partial charge in [0.1, 0.15) is 16.9 Å². The van der Waals surface area contributed by atoms with Gasteiger partial charge >= 0.3 is 12.1 Å². The number of alkyl carbamates (subject to hydrolysis) is 1. The van der Waals surface area contributed by atoms with Crippen LogP contribution in [0.5, 0.6) is 5.75 Å². The zero-order valence-corrected chi connectivity index (χ0v) is 20.2. The fourth-order valence-corrected chi connectivity index (χ4v) is 3.59. The highest BCUT2D eigenvalue weighted by Gasteiger charge is 2.17. The summed E-state index contributed by atoms with van der Waals surface area (Å²) in [5, 5.41) is 3.13. The zero-order chi connectivity index (χ0) is 23.7. The van der Waals surface area contributed by atoms with Crippen LogP contribution in [-0.2, 0) is 16.0 Å². The molecule has 0 fully saturated rings. The molecule has 1 aromatic heterocycles. The molecule has 0 aliphatic heterocycles. The van der Waals surface area contributed by atoms with Crippen LogP contribution in [0.4, 0.5) is 4.79 Å². The van der Waals surface area contributed by atoms with E-state index < -0.39 is 17.7 Å². The number of carbonyl (C=O) groups excluding carboxylic acids is 2. The van der Waals surface area contributed by atoms with Crippen LogP contribution in [0, 0.1) is 0 Å². The monoisotopic (exact) mass is 464 g/mol. The minimum Gasteiger partial charge on any atom is -0.493 e. The van der Waals surface area contributed by atoms with Crippen molar-refractivity contribution in [3.05, 3.63) is 40.2 Å². The topological polar surface area (TPSA) is 95.9 Å². The molecule has 0 aliphatic rings. The second-order valence-electron chi connectivity index (χ2n) is 7.95. The smallest absolute Gasteiger partial charge is 0.407 e. The average Bonchev–Trinajstić information content (AvgIpc) is 2.72. The highest BCUT2D eigenvalue weighted by atomic mass is 32.2. The van der Waals surface area contributed by atoms with Gasteiger partial charge in [-0.1, -0.05) is 0 Å². The molecule has 0 unspecified atom stereocenters. The van der Waals surface area contributed by atoms with Crippen LogP contribution in [0.25, 0.3) is 10.9 Å². The van der Waals surface area contributed by atoms with E-state index in [1.54, 1.807) is 30.9 Å². The van der Waals surface area contributed by atoms with Gasteiger partial charge in [0.2, 0.25) is 5.43 Å². The number of pyridine rings is 1. The summed E-state index contributed by atoms with van der Waals surface area (Å²) in [5.74, 6) is 1.38. The van der Waals surface area contributed by atoms with Crippen LogP contribution in [0.15, 0.2) is 29.2 Å². The van der Waals surface area contributed by atoms with Gasteiger partial charge in [0.05, 0.1) is 24.1 Å². The van der Waals surface area contributed by atoms with Crippen LogP contribution < -0.4 is 15.5 Å². The molecule has 8 nitrogen and oxygen atoms in total. The Morgan fingerprint density at radius 3 is 2.56 bits per heavy atom. The molecule has 2 aromatic rings. The number of hydrogen-bond acceptors (Lipinski definition) is 7. The molecule has 176 valence electrons. The van der Waals surface area contributed by atoms with Crippen molar-refractivity contribution < 1.29 is 23.8 Å². The number of hydrogen-bond donors (Lipinski definition) is 1. The quantitative estimate of drug-likeness (QED) is 0.422. The number of thioether (sulfide) groups is 1. The maximum Gasteiger partial charge on any atom is 0.407 e. The maximum absolute atomic E-state index is 12.8. The van der Waals surface area contributed by atoms with E-state index in [1.807, 2.05) is 44.4 Å². The van der Waals surface area contributed by atoms with Gasteiger partial charge in [0, 0.05) is 30.8 Å². The molecule has 0 aliphatic carbocycles. The average molecular weight is 465 g/mol. The maximum atomic E-state index is 12.8. The van der Waals surface area contributed by atoms with Gasteiger partial charge in [-0.05, 0) is 52.8 Å². The molecular weight excluding hydrogens is 432 g/mol. The molecule has 9 heteroatoms. The van der Waals surface area contributed by atoms with Crippen molar-refractivity contribution in [3.63, 3.8) is 0 Å². The molecule has 0 saturated carbocycles. The van der Waals surface area contributed by atoms with Gasteiger partial charge in [0.15, 0.2) is 0 Å². The number of nitrogens with zero attached hydrogens (tertiary/aromatic N) is 1.